The second kappa shape index (κ2) is 14.4. The third kappa shape index (κ3) is 8.59. The van der Waals surface area contributed by atoms with Crippen molar-refractivity contribution in [1.82, 2.24) is 20.9 Å². The minimum Gasteiger partial charge on any atom is -0.274 e. The lowest BCUT2D eigenvalue weighted by atomic mass is 10.1. The monoisotopic (exact) mass is 460 g/mol. The van der Waals surface area contributed by atoms with E-state index in [4.69, 9.17) is 24.4 Å². The average molecular weight is 461 g/mol. The number of benzene rings is 1. The first-order valence-corrected chi connectivity index (χ1v) is 11.4. The fourth-order valence-electron chi connectivity index (χ4n) is 2.74. The Labute approximate surface area is 196 Å². The SMILES string of the molecule is CC.CCN(NC(=O)CC(=O)NN(CC)C(=S)c1ccccc1)C(=S)C1=CCCC=C1. The van der Waals surface area contributed by atoms with E-state index < -0.39 is 11.8 Å². The maximum atomic E-state index is 12.4. The molecule has 0 spiro atoms. The predicted octanol–water partition coefficient (Wildman–Crippen LogP) is 4.09. The van der Waals surface area contributed by atoms with E-state index in [1.54, 1.807) is 10.0 Å². The van der Waals surface area contributed by atoms with Crippen LogP contribution in [-0.2, 0) is 9.59 Å². The summed E-state index contributed by atoms with van der Waals surface area (Å²) < 4.78 is 0. The van der Waals surface area contributed by atoms with Crippen LogP contribution in [0.4, 0.5) is 0 Å². The first kappa shape index (κ1) is 26.5. The van der Waals surface area contributed by atoms with Crippen LogP contribution >= 0.6 is 24.4 Å². The number of rotatable bonds is 6. The number of amides is 2. The molecule has 2 rings (SSSR count). The van der Waals surface area contributed by atoms with Gasteiger partial charge in [0.15, 0.2) is 0 Å². The number of hydrogen-bond acceptors (Lipinski definition) is 4. The van der Waals surface area contributed by atoms with E-state index in [0.29, 0.717) is 23.1 Å². The largest absolute Gasteiger partial charge is 0.274 e. The van der Waals surface area contributed by atoms with Gasteiger partial charge < -0.3 is 0 Å². The van der Waals surface area contributed by atoms with Crippen LogP contribution in [0.1, 0.15) is 52.5 Å². The van der Waals surface area contributed by atoms with Crippen LogP contribution in [0, 0.1) is 0 Å². The predicted molar refractivity (Wildman–Crippen MR) is 134 cm³/mol. The molecule has 0 heterocycles. The average Bonchev–Trinajstić information content (AvgIpc) is 2.82. The molecule has 0 bridgehead atoms. The minimum atomic E-state index is -0.443. The molecule has 0 saturated carbocycles. The molecule has 8 heteroatoms. The van der Waals surface area contributed by atoms with Gasteiger partial charge in [-0.15, -0.1) is 0 Å². The van der Waals surface area contributed by atoms with E-state index >= 15 is 0 Å². The summed E-state index contributed by atoms with van der Waals surface area (Å²) in [4.78, 5) is 25.7. The van der Waals surface area contributed by atoms with Crippen molar-refractivity contribution in [1.29, 1.82) is 0 Å². The second-order valence-electron chi connectivity index (χ2n) is 6.35. The first-order valence-electron chi connectivity index (χ1n) is 10.6. The molecule has 0 radical (unpaired) electrons. The summed E-state index contributed by atoms with van der Waals surface area (Å²) in [6.45, 7) is 8.73. The van der Waals surface area contributed by atoms with Crippen molar-refractivity contribution in [3.63, 3.8) is 0 Å². The molecule has 0 aliphatic heterocycles. The Morgan fingerprint density at radius 1 is 0.903 bits per heavy atom. The summed E-state index contributed by atoms with van der Waals surface area (Å²) in [5.74, 6) is -0.879. The maximum absolute atomic E-state index is 12.4. The number of nitrogens with zero attached hydrogens (tertiary/aromatic N) is 2. The fourth-order valence-corrected chi connectivity index (χ4v) is 3.37. The highest BCUT2D eigenvalue weighted by Crippen LogP contribution is 2.13. The van der Waals surface area contributed by atoms with Crippen molar-refractivity contribution in [3.8, 4) is 0 Å². The standard InChI is InChI=1S/C21H26N4O2S2.C2H6/c1-3-24(20(28)16-11-7-5-8-12-16)22-18(26)15-19(27)23-25(4-2)21(29)17-13-9-6-10-14-17;1-2/h5,7-9,11-14H,3-4,6,10,15H2,1-2H3,(H,22,26)(H,23,27);1-2H3. The molecular formula is C23H32N4O2S2. The number of allylic oxidation sites excluding steroid dienone is 2. The van der Waals surface area contributed by atoms with Gasteiger partial charge in [-0.3, -0.25) is 30.5 Å². The Hall–Kier alpha value is -2.58. The van der Waals surface area contributed by atoms with Crippen molar-refractivity contribution >= 4 is 46.2 Å². The Balaban J connectivity index is 0.00000233. The third-order valence-electron chi connectivity index (χ3n) is 4.23. The van der Waals surface area contributed by atoms with Crippen LogP contribution in [0.2, 0.25) is 0 Å². The van der Waals surface area contributed by atoms with Crippen molar-refractivity contribution < 1.29 is 9.59 Å². The molecule has 1 aromatic rings. The van der Waals surface area contributed by atoms with E-state index in [0.717, 1.165) is 24.0 Å². The van der Waals surface area contributed by atoms with Gasteiger partial charge in [0, 0.05) is 24.2 Å². The number of hydrogen-bond donors (Lipinski definition) is 2. The summed E-state index contributed by atoms with van der Waals surface area (Å²) in [5, 5.41) is 3.14. The zero-order valence-corrected chi connectivity index (χ0v) is 20.3. The van der Waals surface area contributed by atoms with Gasteiger partial charge in [0.25, 0.3) is 0 Å². The van der Waals surface area contributed by atoms with Crippen LogP contribution < -0.4 is 10.9 Å². The second-order valence-corrected chi connectivity index (χ2v) is 7.12. The van der Waals surface area contributed by atoms with Crippen LogP contribution in [-0.4, -0.2) is 44.9 Å². The molecule has 2 amide bonds. The molecule has 168 valence electrons. The van der Waals surface area contributed by atoms with E-state index in [2.05, 4.69) is 16.9 Å². The Bertz CT molecular complexity index is 822. The molecule has 1 aliphatic rings. The van der Waals surface area contributed by atoms with Gasteiger partial charge in [0.05, 0.1) is 0 Å². The first-order chi connectivity index (χ1) is 15.0. The number of thiocarbonyl (C=S) groups is 2. The van der Waals surface area contributed by atoms with Crippen molar-refractivity contribution in [3.05, 3.63) is 59.7 Å². The third-order valence-corrected chi connectivity index (χ3v) is 5.14. The summed E-state index contributed by atoms with van der Waals surface area (Å²) in [6.07, 6.45) is 7.64. The number of carbonyl (C=O) groups is 2. The Kier molecular flexibility index (Phi) is 12.3. The van der Waals surface area contributed by atoms with Crippen LogP contribution in [0.5, 0.6) is 0 Å². The van der Waals surface area contributed by atoms with Crippen molar-refractivity contribution in [2.45, 2.75) is 47.0 Å². The van der Waals surface area contributed by atoms with Gasteiger partial charge in [0.1, 0.15) is 16.4 Å². The van der Waals surface area contributed by atoms with Gasteiger partial charge in [-0.25, -0.2) is 0 Å². The highest BCUT2D eigenvalue weighted by molar-refractivity contribution is 7.81. The molecule has 0 fully saturated rings. The zero-order chi connectivity index (χ0) is 23.2. The molecule has 2 N–H and O–H groups in total. The lowest BCUT2D eigenvalue weighted by molar-refractivity contribution is -0.132. The molecule has 0 saturated heterocycles. The van der Waals surface area contributed by atoms with Gasteiger partial charge in [-0.2, -0.15) is 0 Å². The zero-order valence-electron chi connectivity index (χ0n) is 18.7. The lowest BCUT2D eigenvalue weighted by Gasteiger charge is -2.26. The van der Waals surface area contributed by atoms with Crippen molar-refractivity contribution in [2.75, 3.05) is 13.1 Å². The molecule has 1 aliphatic carbocycles. The molecule has 31 heavy (non-hydrogen) atoms. The smallest absolute Gasteiger partial charge is 0.248 e. The number of hydrazine groups is 2. The quantitative estimate of drug-likeness (QED) is 0.379. The molecule has 0 unspecified atom stereocenters. The van der Waals surface area contributed by atoms with E-state index in [9.17, 15) is 9.59 Å². The summed E-state index contributed by atoms with van der Waals surface area (Å²) in [6, 6.07) is 9.40. The van der Waals surface area contributed by atoms with Crippen molar-refractivity contribution in [2.24, 2.45) is 0 Å². The summed E-state index contributed by atoms with van der Waals surface area (Å²) in [7, 11) is 0. The van der Waals surface area contributed by atoms with Crippen LogP contribution in [0.15, 0.2) is 54.1 Å². The fraction of sp³-hybridized carbons (Fsp3) is 0.391. The topological polar surface area (TPSA) is 64.7 Å². The van der Waals surface area contributed by atoms with Gasteiger partial charge in [-0.1, -0.05) is 86.8 Å². The van der Waals surface area contributed by atoms with Crippen LogP contribution in [0.25, 0.3) is 0 Å². The maximum Gasteiger partial charge on any atom is 0.248 e. The summed E-state index contributed by atoms with van der Waals surface area (Å²) >= 11 is 10.9. The molecule has 1 aromatic carbocycles. The van der Waals surface area contributed by atoms with E-state index in [1.807, 2.05) is 70.2 Å². The Morgan fingerprint density at radius 3 is 1.94 bits per heavy atom. The highest BCUT2D eigenvalue weighted by atomic mass is 32.1. The van der Waals surface area contributed by atoms with Crippen LogP contribution in [0.3, 0.4) is 0 Å². The normalized spacial score (nSPS) is 11.9. The number of likely N-dealkylation sites (N-methyl/N-ethyl adjacent to an activating group) is 1. The van der Waals surface area contributed by atoms with Gasteiger partial charge >= 0.3 is 0 Å². The van der Waals surface area contributed by atoms with Gasteiger partial charge in [-0.05, 0) is 26.7 Å². The molecule has 0 aromatic heterocycles. The number of carbonyl (C=O) groups excluding carboxylic acids is 2. The Morgan fingerprint density at radius 2 is 1.45 bits per heavy atom. The van der Waals surface area contributed by atoms with E-state index in [-0.39, 0.29) is 6.42 Å². The minimum absolute atomic E-state index is 0.331. The molecule has 6 nitrogen and oxygen atoms in total. The number of nitrogens with one attached hydrogen (secondary N) is 2. The van der Waals surface area contributed by atoms with Gasteiger partial charge in [0.2, 0.25) is 11.8 Å². The molecule has 0 atom stereocenters. The van der Waals surface area contributed by atoms with E-state index in [1.165, 1.54) is 0 Å². The lowest BCUT2D eigenvalue weighted by Crippen LogP contribution is -2.49. The summed E-state index contributed by atoms with van der Waals surface area (Å²) in [5.41, 5.74) is 7.14. The highest BCUT2D eigenvalue weighted by Gasteiger charge is 2.19. The molecular weight excluding hydrogens is 428 g/mol.